The van der Waals surface area contributed by atoms with Crippen LogP contribution in [0.15, 0.2) is 47.4 Å². The van der Waals surface area contributed by atoms with Crippen LogP contribution in [-0.2, 0) is 4.79 Å². The van der Waals surface area contributed by atoms with Gasteiger partial charge in [0.1, 0.15) is 30.2 Å². The van der Waals surface area contributed by atoms with Crippen LogP contribution in [0.2, 0.25) is 0 Å². The SMILES string of the molecule is Cc1cc(C(=O)Nc2ccc(NC(=O)[C@H](C)n3cncn3)cc2)c(C)o1. The van der Waals surface area contributed by atoms with E-state index in [9.17, 15) is 9.59 Å². The lowest BCUT2D eigenvalue weighted by atomic mass is 10.2. The third kappa shape index (κ3) is 3.80. The first-order valence-electron chi connectivity index (χ1n) is 8.07. The average Bonchev–Trinajstić information content (AvgIpc) is 3.25. The standard InChI is InChI=1S/C18H19N5O3/c1-11-8-16(13(3)26-11)18(25)22-15-6-4-14(5-7-15)21-17(24)12(2)23-10-19-9-20-23/h4-10,12H,1-3H3,(H,21,24)(H,22,25)/t12-/m0/s1. The van der Waals surface area contributed by atoms with E-state index in [2.05, 4.69) is 20.7 Å². The molecule has 8 heteroatoms. The summed E-state index contributed by atoms with van der Waals surface area (Å²) in [7, 11) is 0. The quantitative estimate of drug-likeness (QED) is 0.734. The number of benzene rings is 1. The fourth-order valence-electron chi connectivity index (χ4n) is 2.48. The molecule has 0 aliphatic carbocycles. The van der Waals surface area contributed by atoms with Crippen LogP contribution in [0.25, 0.3) is 0 Å². The molecule has 2 N–H and O–H groups in total. The normalized spacial score (nSPS) is 11.8. The van der Waals surface area contributed by atoms with E-state index in [1.165, 1.54) is 17.3 Å². The minimum absolute atomic E-state index is 0.211. The number of nitrogens with zero attached hydrogens (tertiary/aromatic N) is 3. The van der Waals surface area contributed by atoms with Crippen molar-refractivity contribution in [1.29, 1.82) is 0 Å². The Labute approximate surface area is 150 Å². The molecule has 2 heterocycles. The second-order valence-corrected chi connectivity index (χ2v) is 5.90. The highest BCUT2D eigenvalue weighted by Crippen LogP contribution is 2.18. The maximum absolute atomic E-state index is 12.3. The lowest BCUT2D eigenvalue weighted by molar-refractivity contribution is -0.119. The molecule has 3 aromatic rings. The fraction of sp³-hybridized carbons (Fsp3) is 0.222. The van der Waals surface area contributed by atoms with Gasteiger partial charge in [0.25, 0.3) is 5.91 Å². The van der Waals surface area contributed by atoms with Crippen LogP contribution >= 0.6 is 0 Å². The van der Waals surface area contributed by atoms with Crippen molar-refractivity contribution >= 4 is 23.2 Å². The van der Waals surface area contributed by atoms with Crippen molar-refractivity contribution in [3.8, 4) is 0 Å². The summed E-state index contributed by atoms with van der Waals surface area (Å²) in [5, 5.41) is 9.56. The van der Waals surface area contributed by atoms with Gasteiger partial charge in [0.15, 0.2) is 0 Å². The summed E-state index contributed by atoms with van der Waals surface area (Å²) in [6.07, 6.45) is 2.87. The second-order valence-electron chi connectivity index (χ2n) is 5.90. The number of aromatic nitrogens is 3. The number of rotatable bonds is 5. The highest BCUT2D eigenvalue weighted by molar-refractivity contribution is 6.05. The number of furan rings is 1. The fourth-order valence-corrected chi connectivity index (χ4v) is 2.48. The van der Waals surface area contributed by atoms with Crippen LogP contribution in [0.4, 0.5) is 11.4 Å². The van der Waals surface area contributed by atoms with Crippen molar-refractivity contribution in [2.24, 2.45) is 0 Å². The van der Waals surface area contributed by atoms with Crippen LogP contribution < -0.4 is 10.6 Å². The Kier molecular flexibility index (Phi) is 4.83. The summed E-state index contributed by atoms with van der Waals surface area (Å²) in [6.45, 7) is 5.27. The molecule has 2 aromatic heterocycles. The first kappa shape index (κ1) is 17.4. The number of hydrogen-bond acceptors (Lipinski definition) is 5. The van der Waals surface area contributed by atoms with Gasteiger partial charge in [-0.2, -0.15) is 5.10 Å². The number of nitrogens with one attached hydrogen (secondary N) is 2. The molecular weight excluding hydrogens is 334 g/mol. The predicted molar refractivity (Wildman–Crippen MR) is 95.9 cm³/mol. The van der Waals surface area contributed by atoms with Crippen molar-refractivity contribution in [3.63, 3.8) is 0 Å². The summed E-state index contributed by atoms with van der Waals surface area (Å²) >= 11 is 0. The topological polar surface area (TPSA) is 102 Å². The Balaban J connectivity index is 1.62. The monoisotopic (exact) mass is 353 g/mol. The minimum Gasteiger partial charge on any atom is -0.466 e. The van der Waals surface area contributed by atoms with Gasteiger partial charge in [-0.1, -0.05) is 0 Å². The molecule has 0 aliphatic rings. The molecule has 0 bridgehead atoms. The Bertz CT molecular complexity index is 913. The van der Waals surface area contributed by atoms with Gasteiger partial charge in [-0.25, -0.2) is 9.67 Å². The Morgan fingerprint density at radius 3 is 2.31 bits per heavy atom. The zero-order valence-corrected chi connectivity index (χ0v) is 14.7. The highest BCUT2D eigenvalue weighted by atomic mass is 16.3. The van der Waals surface area contributed by atoms with Crippen LogP contribution in [0.5, 0.6) is 0 Å². The van der Waals surface area contributed by atoms with Crippen molar-refractivity contribution in [2.75, 3.05) is 10.6 Å². The number of amides is 2. The van der Waals surface area contributed by atoms with Gasteiger partial charge in [-0.05, 0) is 51.1 Å². The van der Waals surface area contributed by atoms with Crippen molar-refractivity contribution in [1.82, 2.24) is 14.8 Å². The molecule has 2 amide bonds. The van der Waals surface area contributed by atoms with Crippen molar-refractivity contribution in [2.45, 2.75) is 26.8 Å². The molecule has 1 atom stereocenters. The molecule has 0 spiro atoms. The number of anilines is 2. The Hall–Kier alpha value is -3.42. The van der Waals surface area contributed by atoms with Gasteiger partial charge in [0, 0.05) is 11.4 Å². The maximum atomic E-state index is 12.3. The zero-order chi connectivity index (χ0) is 18.7. The van der Waals surface area contributed by atoms with Gasteiger partial charge in [0.05, 0.1) is 5.56 Å². The molecule has 0 radical (unpaired) electrons. The average molecular weight is 353 g/mol. The van der Waals surface area contributed by atoms with Crippen LogP contribution in [0.3, 0.4) is 0 Å². The first-order chi connectivity index (χ1) is 12.4. The molecule has 26 heavy (non-hydrogen) atoms. The molecule has 0 unspecified atom stereocenters. The molecule has 8 nitrogen and oxygen atoms in total. The van der Waals surface area contributed by atoms with Gasteiger partial charge < -0.3 is 15.1 Å². The first-order valence-corrected chi connectivity index (χ1v) is 8.07. The third-order valence-electron chi connectivity index (χ3n) is 3.91. The van der Waals surface area contributed by atoms with E-state index in [1.54, 1.807) is 51.1 Å². The molecule has 0 aliphatic heterocycles. The molecule has 3 rings (SSSR count). The summed E-state index contributed by atoms with van der Waals surface area (Å²) in [5.74, 6) is 0.811. The second kappa shape index (κ2) is 7.22. The Morgan fingerprint density at radius 1 is 1.12 bits per heavy atom. The molecule has 0 saturated heterocycles. The van der Waals surface area contributed by atoms with E-state index in [0.717, 1.165) is 0 Å². The van der Waals surface area contributed by atoms with Gasteiger partial charge in [0.2, 0.25) is 5.91 Å². The number of carbonyl (C=O) groups excluding carboxylic acids is 2. The number of hydrogen-bond donors (Lipinski definition) is 2. The number of carbonyl (C=O) groups is 2. The van der Waals surface area contributed by atoms with E-state index in [0.29, 0.717) is 28.5 Å². The van der Waals surface area contributed by atoms with Crippen LogP contribution in [0, 0.1) is 13.8 Å². The lowest BCUT2D eigenvalue weighted by Crippen LogP contribution is -2.24. The molecule has 0 saturated carbocycles. The zero-order valence-electron chi connectivity index (χ0n) is 14.7. The molecular formula is C18H19N5O3. The minimum atomic E-state index is -0.482. The smallest absolute Gasteiger partial charge is 0.259 e. The van der Waals surface area contributed by atoms with Crippen molar-refractivity contribution in [3.05, 3.63) is 60.1 Å². The van der Waals surface area contributed by atoms with E-state index >= 15 is 0 Å². The number of aryl methyl sites for hydroxylation is 2. The highest BCUT2D eigenvalue weighted by Gasteiger charge is 2.16. The predicted octanol–water partition coefficient (Wildman–Crippen LogP) is 2.94. The van der Waals surface area contributed by atoms with E-state index < -0.39 is 6.04 Å². The summed E-state index contributed by atoms with van der Waals surface area (Å²) in [6, 6.07) is 8.09. The summed E-state index contributed by atoms with van der Waals surface area (Å²) in [5.41, 5.74) is 1.74. The van der Waals surface area contributed by atoms with E-state index in [4.69, 9.17) is 4.42 Å². The van der Waals surface area contributed by atoms with Crippen LogP contribution in [0.1, 0.15) is 34.8 Å². The largest absolute Gasteiger partial charge is 0.466 e. The Morgan fingerprint density at radius 2 is 1.77 bits per heavy atom. The van der Waals surface area contributed by atoms with Gasteiger partial charge >= 0.3 is 0 Å². The molecule has 1 aromatic carbocycles. The van der Waals surface area contributed by atoms with Gasteiger partial charge in [-0.3, -0.25) is 9.59 Å². The maximum Gasteiger partial charge on any atom is 0.259 e. The lowest BCUT2D eigenvalue weighted by Gasteiger charge is -2.12. The van der Waals surface area contributed by atoms with E-state index in [1.807, 2.05) is 0 Å². The molecule has 134 valence electrons. The third-order valence-corrected chi connectivity index (χ3v) is 3.91. The van der Waals surface area contributed by atoms with Crippen LogP contribution in [-0.4, -0.2) is 26.6 Å². The summed E-state index contributed by atoms with van der Waals surface area (Å²) < 4.78 is 6.84. The molecule has 0 fully saturated rings. The van der Waals surface area contributed by atoms with Gasteiger partial charge in [-0.15, -0.1) is 0 Å². The van der Waals surface area contributed by atoms with Crippen molar-refractivity contribution < 1.29 is 14.0 Å². The van der Waals surface area contributed by atoms with E-state index in [-0.39, 0.29) is 11.8 Å². The summed E-state index contributed by atoms with van der Waals surface area (Å²) in [4.78, 5) is 28.3.